The first-order valence-electron chi connectivity index (χ1n) is 7.36. The van der Waals surface area contributed by atoms with Crippen LogP contribution in [0.3, 0.4) is 0 Å². The highest BCUT2D eigenvalue weighted by Gasteiger charge is 2.35. The lowest BCUT2D eigenvalue weighted by Gasteiger charge is -2.40. The standard InChI is InChI=1S/C17H23BrClF/c1-17(2,3)12-7-8-14(18)11(9-12)10-13-15(19)5-4-6-16(13)20/h4-6,11-12,14H,7-10H2,1-3H3. The van der Waals surface area contributed by atoms with E-state index in [1.807, 2.05) is 0 Å². The Hall–Kier alpha value is -0.0800. The Labute approximate surface area is 135 Å². The molecule has 0 N–H and O–H groups in total. The van der Waals surface area contributed by atoms with Crippen LogP contribution in [0.25, 0.3) is 0 Å². The van der Waals surface area contributed by atoms with Crippen LogP contribution in [0.4, 0.5) is 4.39 Å². The molecule has 1 aromatic rings. The van der Waals surface area contributed by atoms with Gasteiger partial charge in [0, 0.05) is 15.4 Å². The van der Waals surface area contributed by atoms with Gasteiger partial charge in [-0.3, -0.25) is 0 Å². The highest BCUT2D eigenvalue weighted by Crippen LogP contribution is 2.44. The van der Waals surface area contributed by atoms with Gasteiger partial charge in [-0.05, 0) is 55.1 Å². The third-order valence-electron chi connectivity index (χ3n) is 4.64. The molecule has 0 nitrogen and oxygen atoms in total. The SMILES string of the molecule is CC(C)(C)C1CCC(Br)C(Cc2c(F)cccc2Cl)C1. The van der Waals surface area contributed by atoms with Crippen molar-refractivity contribution in [2.45, 2.75) is 51.3 Å². The topological polar surface area (TPSA) is 0 Å². The van der Waals surface area contributed by atoms with E-state index in [4.69, 9.17) is 11.6 Å². The zero-order valence-corrected chi connectivity index (χ0v) is 14.8. The second-order valence-corrected chi connectivity index (χ2v) is 8.64. The van der Waals surface area contributed by atoms with Crippen LogP contribution in [-0.2, 0) is 6.42 Å². The number of halogens is 3. The lowest BCUT2D eigenvalue weighted by atomic mass is 9.68. The minimum Gasteiger partial charge on any atom is -0.207 e. The molecule has 0 aromatic heterocycles. The summed E-state index contributed by atoms with van der Waals surface area (Å²) in [6.07, 6.45) is 4.29. The molecular formula is C17H23BrClF. The molecule has 3 heteroatoms. The number of rotatable bonds is 2. The largest absolute Gasteiger partial charge is 0.207 e. The molecule has 0 bridgehead atoms. The van der Waals surface area contributed by atoms with E-state index >= 15 is 0 Å². The molecule has 20 heavy (non-hydrogen) atoms. The maximum atomic E-state index is 14.0. The van der Waals surface area contributed by atoms with Crippen molar-refractivity contribution in [1.82, 2.24) is 0 Å². The molecule has 2 rings (SSSR count). The van der Waals surface area contributed by atoms with Gasteiger partial charge in [-0.25, -0.2) is 4.39 Å². The van der Waals surface area contributed by atoms with E-state index in [1.165, 1.54) is 18.9 Å². The van der Waals surface area contributed by atoms with Crippen molar-refractivity contribution in [2.75, 3.05) is 0 Å². The van der Waals surface area contributed by atoms with E-state index in [0.29, 0.717) is 32.7 Å². The van der Waals surface area contributed by atoms with Gasteiger partial charge in [0.25, 0.3) is 0 Å². The summed E-state index contributed by atoms with van der Waals surface area (Å²) in [7, 11) is 0. The van der Waals surface area contributed by atoms with Gasteiger partial charge >= 0.3 is 0 Å². The Morgan fingerprint density at radius 2 is 2.00 bits per heavy atom. The Morgan fingerprint density at radius 3 is 2.60 bits per heavy atom. The molecule has 0 saturated heterocycles. The third-order valence-corrected chi connectivity index (χ3v) is 6.20. The maximum absolute atomic E-state index is 14.0. The fraction of sp³-hybridized carbons (Fsp3) is 0.647. The van der Waals surface area contributed by atoms with Crippen LogP contribution in [0.2, 0.25) is 5.02 Å². The van der Waals surface area contributed by atoms with Crippen LogP contribution in [0.1, 0.15) is 45.6 Å². The van der Waals surface area contributed by atoms with E-state index in [-0.39, 0.29) is 5.82 Å². The third kappa shape index (κ3) is 3.76. The summed E-state index contributed by atoms with van der Waals surface area (Å²) >= 11 is 9.96. The smallest absolute Gasteiger partial charge is 0.127 e. The fourth-order valence-corrected chi connectivity index (χ4v) is 4.12. The Bertz CT molecular complexity index is 446. The first-order valence-corrected chi connectivity index (χ1v) is 8.65. The molecule has 1 aromatic carbocycles. The molecule has 1 aliphatic carbocycles. The van der Waals surface area contributed by atoms with E-state index < -0.39 is 0 Å². The normalized spacial score (nSPS) is 27.6. The van der Waals surface area contributed by atoms with Crippen LogP contribution < -0.4 is 0 Å². The fourth-order valence-electron chi connectivity index (χ4n) is 3.21. The number of hydrogen-bond acceptors (Lipinski definition) is 0. The molecule has 0 aliphatic heterocycles. The molecule has 112 valence electrons. The Kier molecular flexibility index (Phi) is 5.18. The molecule has 1 aliphatic rings. The predicted molar refractivity (Wildman–Crippen MR) is 88.1 cm³/mol. The van der Waals surface area contributed by atoms with Crippen LogP contribution in [0.5, 0.6) is 0 Å². The molecule has 0 heterocycles. The zero-order valence-electron chi connectivity index (χ0n) is 12.4. The van der Waals surface area contributed by atoms with Crippen LogP contribution in [0, 0.1) is 23.1 Å². The van der Waals surface area contributed by atoms with Gasteiger partial charge in [0.1, 0.15) is 5.82 Å². The average molecular weight is 362 g/mol. The summed E-state index contributed by atoms with van der Waals surface area (Å²) in [4.78, 5) is 0.469. The molecular weight excluding hydrogens is 339 g/mol. The summed E-state index contributed by atoms with van der Waals surface area (Å²) in [5.74, 6) is 0.990. The van der Waals surface area contributed by atoms with Crippen molar-refractivity contribution < 1.29 is 4.39 Å². The Balaban J connectivity index is 2.15. The molecule has 0 radical (unpaired) electrons. The van der Waals surface area contributed by atoms with Gasteiger partial charge in [-0.15, -0.1) is 0 Å². The monoisotopic (exact) mass is 360 g/mol. The molecule has 0 spiro atoms. The van der Waals surface area contributed by atoms with Gasteiger partial charge in [-0.1, -0.05) is 54.4 Å². The summed E-state index contributed by atoms with van der Waals surface area (Å²) < 4.78 is 14.0. The van der Waals surface area contributed by atoms with Crippen LogP contribution in [0.15, 0.2) is 18.2 Å². The van der Waals surface area contributed by atoms with E-state index in [0.717, 1.165) is 12.8 Å². The van der Waals surface area contributed by atoms with Crippen molar-refractivity contribution in [3.63, 3.8) is 0 Å². The van der Waals surface area contributed by atoms with Gasteiger partial charge < -0.3 is 0 Å². The average Bonchev–Trinajstić information content (AvgIpc) is 2.34. The number of alkyl halides is 1. The molecule has 3 atom stereocenters. The van der Waals surface area contributed by atoms with Gasteiger partial charge in [-0.2, -0.15) is 0 Å². The lowest BCUT2D eigenvalue weighted by Crippen LogP contribution is -2.33. The second kappa shape index (κ2) is 6.36. The molecule has 0 amide bonds. The first-order chi connectivity index (χ1) is 9.29. The molecule has 1 saturated carbocycles. The second-order valence-electron chi connectivity index (χ2n) is 7.06. The van der Waals surface area contributed by atoms with Gasteiger partial charge in [0.05, 0.1) is 0 Å². The highest BCUT2D eigenvalue weighted by atomic mass is 79.9. The number of hydrogen-bond donors (Lipinski definition) is 0. The lowest BCUT2D eigenvalue weighted by molar-refractivity contribution is 0.146. The summed E-state index contributed by atoms with van der Waals surface area (Å²) in [5, 5.41) is 0.558. The zero-order chi connectivity index (χ0) is 14.9. The van der Waals surface area contributed by atoms with Crippen molar-refractivity contribution in [3.05, 3.63) is 34.6 Å². The van der Waals surface area contributed by atoms with Gasteiger partial charge in [0.15, 0.2) is 0 Å². The van der Waals surface area contributed by atoms with E-state index in [2.05, 4.69) is 36.7 Å². The van der Waals surface area contributed by atoms with Crippen molar-refractivity contribution in [2.24, 2.45) is 17.3 Å². The summed E-state index contributed by atoms with van der Waals surface area (Å²) in [6.45, 7) is 6.91. The molecule has 3 unspecified atom stereocenters. The van der Waals surface area contributed by atoms with E-state index in [1.54, 1.807) is 12.1 Å². The van der Waals surface area contributed by atoms with Crippen LogP contribution >= 0.6 is 27.5 Å². The quantitative estimate of drug-likeness (QED) is 0.546. The Morgan fingerprint density at radius 1 is 1.30 bits per heavy atom. The predicted octanol–water partition coefficient (Wildman–Crippen LogP) is 6.25. The first kappa shape index (κ1) is 16.3. The minimum atomic E-state index is -0.171. The van der Waals surface area contributed by atoms with Crippen LogP contribution in [-0.4, -0.2) is 4.83 Å². The van der Waals surface area contributed by atoms with Crippen molar-refractivity contribution in [3.8, 4) is 0 Å². The summed E-state index contributed by atoms with van der Waals surface area (Å²) in [5.41, 5.74) is 1.00. The highest BCUT2D eigenvalue weighted by molar-refractivity contribution is 9.09. The summed E-state index contributed by atoms with van der Waals surface area (Å²) in [6, 6.07) is 4.97. The van der Waals surface area contributed by atoms with Crippen molar-refractivity contribution in [1.29, 1.82) is 0 Å². The minimum absolute atomic E-state index is 0.171. The number of benzene rings is 1. The molecule has 1 fully saturated rings. The maximum Gasteiger partial charge on any atom is 0.127 e. The van der Waals surface area contributed by atoms with E-state index in [9.17, 15) is 4.39 Å². The van der Waals surface area contributed by atoms with Crippen molar-refractivity contribution >= 4 is 27.5 Å². The van der Waals surface area contributed by atoms with Gasteiger partial charge in [0.2, 0.25) is 0 Å².